The third-order valence-corrected chi connectivity index (χ3v) is 3.58. The molecule has 0 saturated heterocycles. The fourth-order valence-corrected chi connectivity index (χ4v) is 2.36. The minimum Gasteiger partial charge on any atom is -0.320 e. The Kier molecular flexibility index (Phi) is 2.77. The quantitative estimate of drug-likeness (QED) is 0.751. The third-order valence-electron chi connectivity index (χ3n) is 2.80. The van der Waals surface area contributed by atoms with Gasteiger partial charge in [-0.1, -0.05) is 18.2 Å². The van der Waals surface area contributed by atoms with Gasteiger partial charge in [0.25, 0.3) is 0 Å². The molecular weight excluding hydrogens is 264 g/mol. The van der Waals surface area contributed by atoms with Crippen LogP contribution >= 0.6 is 0 Å². The van der Waals surface area contributed by atoms with Crippen LogP contribution in [0.2, 0.25) is 0 Å². The van der Waals surface area contributed by atoms with Crippen molar-refractivity contribution in [2.75, 3.05) is 0 Å². The molecule has 1 aromatic carbocycles. The molecule has 3 rings (SSSR count). The Balaban J connectivity index is 2.14. The average molecular weight is 274 g/mol. The summed E-state index contributed by atoms with van der Waals surface area (Å²) in [5, 5.41) is 8.57. The first-order valence-corrected chi connectivity index (χ1v) is 6.67. The molecule has 1 heterocycles. The van der Waals surface area contributed by atoms with E-state index in [4.69, 9.17) is 5.73 Å². The van der Waals surface area contributed by atoms with E-state index in [1.165, 1.54) is 10.9 Å². The standard InChI is InChI=1S/C12H10N4O2S/c13-9-6-5-8(7-12(9)19(17)18)16-14-10-3-1-2-4-11(10)15-16/h1-7,9H,13H2. The maximum absolute atomic E-state index is 11.1. The Labute approximate surface area is 110 Å². The minimum atomic E-state index is -2.35. The Morgan fingerprint density at radius 2 is 1.79 bits per heavy atom. The van der Waals surface area contributed by atoms with Crippen LogP contribution in [0, 0.1) is 0 Å². The van der Waals surface area contributed by atoms with Crippen LogP contribution in [0.25, 0.3) is 16.7 Å². The minimum absolute atomic E-state index is 0.124. The van der Waals surface area contributed by atoms with Gasteiger partial charge in [-0.05, 0) is 24.3 Å². The average Bonchev–Trinajstić information content (AvgIpc) is 2.82. The topological polar surface area (TPSA) is 90.9 Å². The Hall–Kier alpha value is -2.25. The molecule has 0 spiro atoms. The summed E-state index contributed by atoms with van der Waals surface area (Å²) < 4.78 is 22.1. The van der Waals surface area contributed by atoms with Gasteiger partial charge in [-0.15, -0.1) is 10.2 Å². The number of allylic oxidation sites excluding steroid dienone is 2. The number of benzene rings is 1. The number of rotatable bonds is 1. The highest BCUT2D eigenvalue weighted by Crippen LogP contribution is 2.14. The number of nitrogens with two attached hydrogens (primary N) is 1. The van der Waals surface area contributed by atoms with Crippen molar-refractivity contribution in [3.05, 3.63) is 42.5 Å². The SMILES string of the molecule is NC1C=CC(n2nc3ccccc3n2)=CC1=S(=O)=O. The van der Waals surface area contributed by atoms with Gasteiger partial charge in [0.15, 0.2) is 0 Å². The van der Waals surface area contributed by atoms with Crippen LogP contribution < -0.4 is 5.73 Å². The van der Waals surface area contributed by atoms with Crippen molar-refractivity contribution in [2.45, 2.75) is 6.04 Å². The van der Waals surface area contributed by atoms with Crippen molar-refractivity contribution >= 4 is 31.9 Å². The third kappa shape index (κ3) is 2.09. The van der Waals surface area contributed by atoms with E-state index in [1.807, 2.05) is 24.3 Å². The number of hydrogen-bond donors (Lipinski definition) is 1. The summed E-state index contributed by atoms with van der Waals surface area (Å²) in [4.78, 5) is 1.53. The first kappa shape index (κ1) is 11.8. The largest absolute Gasteiger partial charge is 0.320 e. The predicted molar refractivity (Wildman–Crippen MR) is 72.8 cm³/mol. The molecule has 1 unspecified atom stereocenters. The maximum Gasteiger partial charge on any atom is 0.219 e. The van der Waals surface area contributed by atoms with Gasteiger partial charge in [0.2, 0.25) is 10.3 Å². The fraction of sp³-hybridized carbons (Fsp3) is 0.0833. The van der Waals surface area contributed by atoms with E-state index in [0.29, 0.717) is 5.70 Å². The summed E-state index contributed by atoms with van der Waals surface area (Å²) in [6.07, 6.45) is 4.79. The molecule has 0 radical (unpaired) electrons. The van der Waals surface area contributed by atoms with Gasteiger partial charge < -0.3 is 5.73 Å². The first-order valence-electron chi connectivity index (χ1n) is 5.59. The van der Waals surface area contributed by atoms with Gasteiger partial charge in [0, 0.05) is 0 Å². The van der Waals surface area contributed by atoms with E-state index in [-0.39, 0.29) is 4.86 Å². The molecule has 7 heteroatoms. The lowest BCUT2D eigenvalue weighted by Gasteiger charge is -2.11. The van der Waals surface area contributed by atoms with Gasteiger partial charge in [-0.3, -0.25) is 0 Å². The van der Waals surface area contributed by atoms with Gasteiger partial charge >= 0.3 is 0 Å². The zero-order chi connectivity index (χ0) is 13.4. The van der Waals surface area contributed by atoms with E-state index in [9.17, 15) is 8.42 Å². The highest BCUT2D eigenvalue weighted by atomic mass is 32.2. The predicted octanol–water partition coefficient (Wildman–Crippen LogP) is 0.221. The van der Waals surface area contributed by atoms with Crippen LogP contribution in [0.1, 0.15) is 0 Å². The lowest BCUT2D eigenvalue weighted by Crippen LogP contribution is -2.30. The van der Waals surface area contributed by atoms with Crippen molar-refractivity contribution in [1.29, 1.82) is 0 Å². The van der Waals surface area contributed by atoms with Crippen LogP contribution in [0.3, 0.4) is 0 Å². The van der Waals surface area contributed by atoms with Crippen molar-refractivity contribution in [2.24, 2.45) is 5.73 Å². The number of fused-ring (bicyclic) bond motifs is 1. The summed E-state index contributed by atoms with van der Waals surface area (Å²) in [5.41, 5.74) is 7.74. The zero-order valence-corrected chi connectivity index (χ0v) is 10.6. The summed E-state index contributed by atoms with van der Waals surface area (Å²) >= 11 is 0. The molecule has 19 heavy (non-hydrogen) atoms. The molecule has 0 amide bonds. The molecule has 0 aliphatic heterocycles. The lowest BCUT2D eigenvalue weighted by atomic mass is 10.1. The molecule has 0 bridgehead atoms. The van der Waals surface area contributed by atoms with Crippen molar-refractivity contribution in [3.63, 3.8) is 0 Å². The summed E-state index contributed by atoms with van der Waals surface area (Å²) in [7, 11) is -2.35. The number of hydrogen-bond acceptors (Lipinski definition) is 5. The van der Waals surface area contributed by atoms with Crippen molar-refractivity contribution in [3.8, 4) is 0 Å². The van der Waals surface area contributed by atoms with E-state index in [2.05, 4.69) is 10.2 Å². The van der Waals surface area contributed by atoms with E-state index in [1.54, 1.807) is 12.2 Å². The van der Waals surface area contributed by atoms with Gasteiger partial charge in [0.1, 0.15) is 11.0 Å². The van der Waals surface area contributed by atoms with Crippen LogP contribution in [-0.4, -0.2) is 34.3 Å². The molecule has 1 aromatic heterocycles. The van der Waals surface area contributed by atoms with Gasteiger partial charge in [-0.25, -0.2) is 0 Å². The number of aromatic nitrogens is 3. The second kappa shape index (κ2) is 4.45. The summed E-state index contributed by atoms with van der Waals surface area (Å²) in [5.74, 6) is 0. The molecular formula is C12H10N4O2S. The van der Waals surface area contributed by atoms with E-state index < -0.39 is 16.3 Å². The Morgan fingerprint density at radius 1 is 1.16 bits per heavy atom. The van der Waals surface area contributed by atoms with E-state index >= 15 is 0 Å². The molecule has 2 aromatic rings. The molecule has 2 N–H and O–H groups in total. The maximum atomic E-state index is 11.1. The van der Waals surface area contributed by atoms with Gasteiger partial charge in [0.05, 0.1) is 16.6 Å². The normalized spacial score (nSPS) is 18.7. The zero-order valence-electron chi connectivity index (χ0n) is 9.76. The summed E-state index contributed by atoms with van der Waals surface area (Å²) in [6, 6.07) is 6.80. The smallest absolute Gasteiger partial charge is 0.219 e. The van der Waals surface area contributed by atoms with Crippen molar-refractivity contribution < 1.29 is 8.42 Å². The highest BCUT2D eigenvalue weighted by Gasteiger charge is 2.15. The molecule has 1 aliphatic rings. The molecule has 96 valence electrons. The van der Waals surface area contributed by atoms with Crippen LogP contribution in [0.4, 0.5) is 0 Å². The van der Waals surface area contributed by atoms with Crippen LogP contribution in [0.5, 0.6) is 0 Å². The molecule has 1 atom stereocenters. The fourth-order valence-electron chi connectivity index (χ4n) is 1.85. The van der Waals surface area contributed by atoms with Gasteiger partial charge in [-0.2, -0.15) is 13.2 Å². The lowest BCUT2D eigenvalue weighted by molar-refractivity contribution is 0.626. The van der Waals surface area contributed by atoms with Crippen LogP contribution in [-0.2, 0) is 10.3 Å². The Bertz CT molecular complexity index is 804. The van der Waals surface area contributed by atoms with Crippen LogP contribution in [0.15, 0.2) is 42.5 Å². The monoisotopic (exact) mass is 274 g/mol. The molecule has 0 fully saturated rings. The molecule has 6 nitrogen and oxygen atoms in total. The van der Waals surface area contributed by atoms with E-state index in [0.717, 1.165) is 11.0 Å². The second-order valence-corrected chi connectivity index (χ2v) is 5.01. The number of nitrogens with zero attached hydrogens (tertiary/aromatic N) is 3. The highest BCUT2D eigenvalue weighted by molar-refractivity contribution is 7.73. The Morgan fingerprint density at radius 3 is 2.37 bits per heavy atom. The molecule has 1 aliphatic carbocycles. The first-order chi connectivity index (χ1) is 9.15. The second-order valence-electron chi connectivity index (χ2n) is 4.07. The van der Waals surface area contributed by atoms with Crippen molar-refractivity contribution in [1.82, 2.24) is 15.0 Å². The summed E-state index contributed by atoms with van der Waals surface area (Å²) in [6.45, 7) is 0. The molecule has 0 saturated carbocycles.